The fourth-order valence-corrected chi connectivity index (χ4v) is 12.1. The van der Waals surface area contributed by atoms with Gasteiger partial charge in [-0.1, -0.05) is 0 Å². The third-order valence-corrected chi connectivity index (χ3v) is 16.6. The number of rotatable bonds is 6. The van der Waals surface area contributed by atoms with Gasteiger partial charge in [0.2, 0.25) is 34.9 Å². The molecule has 4 atom stereocenters. The summed E-state index contributed by atoms with van der Waals surface area (Å²) in [5.74, 6) is -93.1. The van der Waals surface area contributed by atoms with E-state index in [0.717, 1.165) is 0 Å². The van der Waals surface area contributed by atoms with Crippen molar-refractivity contribution in [1.29, 1.82) is 0 Å². The van der Waals surface area contributed by atoms with Gasteiger partial charge in [0, 0.05) is 85.0 Å². The van der Waals surface area contributed by atoms with Crippen LogP contribution in [0.4, 0.5) is 132 Å². The predicted octanol–water partition coefficient (Wildman–Crippen LogP) is 16.5. The first-order chi connectivity index (χ1) is 48.1. The SMILES string of the molecule is Fc1c(F)c(F)c(/C2=C3\C=CC(=N3)C3=CC(N=C3)C(c3c(F)c(F)c(F)c(F)c3F)/C(c3c(F)c(F)c(F)c(F)c3F)=C3/C=CC(=N3)/C(c3c(F)c(F)c(F)c(F)c3F)=c3\cc/c([nH]3)=C(/c3c(F)c(F)c(F)c(F)c3F)C3=CC(N=C3)C(c3c(F)c(F)c(F)c(F)c3F)c3ccc2[nH]3)c(F)c1F. The first kappa shape index (κ1) is 69.1. The summed E-state index contributed by atoms with van der Waals surface area (Å²) >= 11 is 0. The van der Waals surface area contributed by atoms with Crippen LogP contribution in [0.2, 0.25) is 0 Å². The summed E-state index contributed by atoms with van der Waals surface area (Å²) in [6, 6.07) is -3.43. The van der Waals surface area contributed by atoms with Gasteiger partial charge < -0.3 is 9.97 Å². The lowest BCUT2D eigenvalue weighted by Crippen LogP contribution is -2.24. The molecule has 6 nitrogen and oxygen atoms in total. The Morgan fingerprint density at radius 2 is 0.588 bits per heavy atom. The molecule has 5 aliphatic heterocycles. The number of nitrogens with zero attached hydrogens (tertiary/aromatic N) is 4. The maximum Gasteiger partial charge on any atom is 0.200 e. The second-order valence-electron chi connectivity index (χ2n) is 22.1. The Morgan fingerprint density at radius 3 is 1.04 bits per heavy atom. The smallest absolute Gasteiger partial charge is 0.200 e. The first-order valence-electron chi connectivity index (χ1n) is 27.9. The summed E-state index contributed by atoms with van der Waals surface area (Å²) in [5, 5.41) is -2.63. The molecule has 2 N–H and O–H groups in total. The van der Waals surface area contributed by atoms with E-state index in [1.165, 1.54) is 0 Å². The predicted molar refractivity (Wildman–Crippen MR) is 295 cm³/mol. The Balaban J connectivity index is 1.24. The van der Waals surface area contributed by atoms with Gasteiger partial charge >= 0.3 is 0 Å². The topological polar surface area (TPSA) is 81.0 Å². The monoisotopic (exact) mass is 1460 g/mol. The molecule has 7 heterocycles. The average Bonchev–Trinajstić information content (AvgIpc) is 1.49. The lowest BCUT2D eigenvalue weighted by atomic mass is 9.79. The zero-order valence-electron chi connectivity index (χ0n) is 48.4. The highest BCUT2D eigenvalue weighted by Crippen LogP contribution is 2.49. The van der Waals surface area contributed by atoms with Crippen LogP contribution >= 0.6 is 0 Å². The van der Waals surface area contributed by atoms with Crippen molar-refractivity contribution in [2.45, 2.75) is 23.9 Å². The lowest BCUT2D eigenvalue weighted by Gasteiger charge is -2.27. The molecule has 4 unspecified atom stereocenters. The minimum Gasteiger partial charge on any atom is -0.358 e. The van der Waals surface area contributed by atoms with Gasteiger partial charge in [0.1, 0.15) is 0 Å². The normalized spacial score (nSPS) is 20.5. The summed E-state index contributed by atoms with van der Waals surface area (Å²) < 4.78 is 475. The summed E-state index contributed by atoms with van der Waals surface area (Å²) in [6.07, 6.45) is 3.24. The molecule has 0 aliphatic carbocycles. The fraction of sp³-hybridized carbons (Fsp3) is 0.0606. The zero-order chi connectivity index (χ0) is 73.9. The standard InChI is InChI=1S/C66H18F30N6/c67-37-31(38(68)50(80)61(91)49(37)79)25-14-10-23(98-12-14)28(34-43(73)55(85)64(94)56(86)44(34)74)21-6-5-19(101-21)26(32-39(69)51(81)62(92)52(82)40(32)70)17-2-1-15(99-17)13-9-24(97-11-13)30(36-47(77)59(89)66(96)60(90)48(36)78)29(35-45(75)57(87)65(95)58(88)46(35)76)22-8-7-20(102-22)27(18-4-3-16(25)100-18)33-41(71)53(83)63(93)54(84)42(33)72/h1-12,23-24,28,30,100-101H/b25-16-,26-17+,27-18-,29-22+. The number of nitrogens with one attached hydrogen (secondary N) is 2. The maximum atomic E-state index is 16.8. The molecule has 6 aromatic carbocycles. The van der Waals surface area contributed by atoms with Crippen LogP contribution in [0, 0.1) is 175 Å². The van der Waals surface area contributed by atoms with E-state index in [-0.39, 0.29) is 18.4 Å². The number of benzene rings is 6. The minimum atomic E-state index is -3.41. The van der Waals surface area contributed by atoms with Crippen LogP contribution in [-0.4, -0.2) is 45.9 Å². The van der Waals surface area contributed by atoms with Crippen LogP contribution in [0.3, 0.4) is 0 Å². The number of H-pyrrole nitrogens is 2. The summed E-state index contributed by atoms with van der Waals surface area (Å²) in [4.78, 5) is 19.9. The number of fused-ring (bicyclic) bond motifs is 9. The molecule has 5 aliphatic rings. The third-order valence-electron chi connectivity index (χ3n) is 16.6. The van der Waals surface area contributed by atoms with Crippen molar-refractivity contribution < 1.29 is 132 Å². The van der Waals surface area contributed by atoms with E-state index >= 15 is 110 Å². The molecule has 102 heavy (non-hydrogen) atoms. The summed E-state index contributed by atoms with van der Waals surface area (Å²) in [5.41, 5.74) is -29.1. The van der Waals surface area contributed by atoms with Crippen molar-refractivity contribution >= 4 is 46.1 Å². The Labute approximate surface area is 543 Å². The minimum absolute atomic E-state index is 0.184. The first-order valence-corrected chi connectivity index (χ1v) is 27.9. The Bertz CT molecular complexity index is 5510. The second kappa shape index (κ2) is 24.8. The number of halogens is 30. The van der Waals surface area contributed by atoms with Gasteiger partial charge in [0.05, 0.1) is 63.1 Å². The molecule has 0 amide bonds. The van der Waals surface area contributed by atoms with Crippen molar-refractivity contribution in [1.82, 2.24) is 9.97 Å². The Kier molecular flexibility index (Phi) is 16.8. The van der Waals surface area contributed by atoms with Crippen molar-refractivity contribution in [2.75, 3.05) is 0 Å². The molecule has 0 saturated heterocycles. The Morgan fingerprint density at radius 1 is 0.265 bits per heavy atom. The molecule has 522 valence electrons. The van der Waals surface area contributed by atoms with Crippen molar-refractivity contribution in [3.63, 3.8) is 0 Å². The van der Waals surface area contributed by atoms with E-state index in [0.29, 0.717) is 54.8 Å². The van der Waals surface area contributed by atoms with Crippen LogP contribution < -0.4 is 10.7 Å². The molecular weight excluding hydrogens is 1450 g/mol. The van der Waals surface area contributed by atoms with Crippen LogP contribution in [0.5, 0.6) is 0 Å². The van der Waals surface area contributed by atoms with Crippen LogP contribution in [0.25, 0.3) is 22.3 Å². The molecule has 36 heteroatoms. The number of allylic oxidation sites excluding steroid dienone is 6. The molecular formula is C66H18F30N6. The van der Waals surface area contributed by atoms with E-state index < -0.39 is 310 Å². The quantitative estimate of drug-likeness (QED) is 0.0945. The largest absolute Gasteiger partial charge is 0.358 e. The second-order valence-corrected chi connectivity index (χ2v) is 22.1. The maximum absolute atomic E-state index is 16.8. The molecule has 2 aromatic heterocycles. The van der Waals surface area contributed by atoms with Crippen molar-refractivity contribution in [3.05, 3.63) is 313 Å². The van der Waals surface area contributed by atoms with Gasteiger partial charge in [-0.05, 0) is 60.7 Å². The highest BCUT2D eigenvalue weighted by molar-refractivity contribution is 6.30. The van der Waals surface area contributed by atoms with Crippen molar-refractivity contribution in [3.8, 4) is 0 Å². The number of aromatic amines is 2. The fourth-order valence-electron chi connectivity index (χ4n) is 12.1. The number of aliphatic imine (C=N–C) groups is 4. The molecule has 0 spiro atoms. The highest BCUT2D eigenvalue weighted by Gasteiger charge is 2.45. The molecule has 12 bridgehead atoms. The van der Waals surface area contributed by atoms with Gasteiger partial charge in [0.25, 0.3) is 0 Å². The van der Waals surface area contributed by atoms with E-state index in [1.54, 1.807) is 0 Å². The summed E-state index contributed by atoms with van der Waals surface area (Å²) in [7, 11) is 0. The van der Waals surface area contributed by atoms with Gasteiger partial charge in [0.15, 0.2) is 140 Å². The van der Waals surface area contributed by atoms with Crippen LogP contribution in [0.1, 0.15) is 56.6 Å². The van der Waals surface area contributed by atoms with Gasteiger partial charge in [-0.25, -0.2) is 142 Å². The molecule has 0 radical (unpaired) electrons. The zero-order valence-corrected chi connectivity index (χ0v) is 48.4. The molecule has 0 saturated carbocycles. The number of hydrogen-bond acceptors (Lipinski definition) is 4. The van der Waals surface area contributed by atoms with Crippen molar-refractivity contribution in [2.24, 2.45) is 20.0 Å². The van der Waals surface area contributed by atoms with Gasteiger partial charge in [-0.15, -0.1) is 0 Å². The Hall–Kier alpha value is -11.4. The highest BCUT2D eigenvalue weighted by atomic mass is 19.2. The van der Waals surface area contributed by atoms with E-state index in [1.807, 2.05) is 0 Å². The molecule has 0 fully saturated rings. The molecule has 8 aromatic rings. The van der Waals surface area contributed by atoms with E-state index in [9.17, 15) is 22.0 Å². The number of hydrogen-bond donors (Lipinski definition) is 2. The van der Waals surface area contributed by atoms with Crippen LogP contribution in [0.15, 0.2) is 103 Å². The molecule has 13 rings (SSSR count). The van der Waals surface area contributed by atoms with E-state index in [2.05, 4.69) is 29.9 Å². The summed E-state index contributed by atoms with van der Waals surface area (Å²) in [6.45, 7) is 0. The van der Waals surface area contributed by atoms with Crippen LogP contribution in [-0.2, 0) is 0 Å². The van der Waals surface area contributed by atoms with E-state index in [4.69, 9.17) is 0 Å². The third kappa shape index (κ3) is 10.2. The average molecular weight is 1460 g/mol. The van der Waals surface area contributed by atoms with Gasteiger partial charge in [-0.2, -0.15) is 0 Å². The number of aromatic nitrogens is 2. The van der Waals surface area contributed by atoms with Gasteiger partial charge in [-0.3, -0.25) is 9.98 Å². The lowest BCUT2D eigenvalue weighted by molar-refractivity contribution is 0.364.